The number of amides is 1. The molecule has 4 aliphatic rings. The first-order chi connectivity index (χ1) is 13.7. The van der Waals surface area contributed by atoms with Gasteiger partial charge < -0.3 is 19.8 Å². The molecular weight excluding hydrogens is 372 g/mol. The van der Waals surface area contributed by atoms with E-state index in [4.69, 9.17) is 9.47 Å². The van der Waals surface area contributed by atoms with Crippen LogP contribution in [0.5, 0.6) is 0 Å². The maximum absolute atomic E-state index is 12.8. The fourth-order valence-corrected chi connectivity index (χ4v) is 6.26. The fourth-order valence-electron chi connectivity index (χ4n) is 6.26. The summed E-state index contributed by atoms with van der Waals surface area (Å²) in [7, 11) is 1.29. The molecule has 1 atom stereocenters. The number of esters is 2. The minimum absolute atomic E-state index is 0.122. The first-order valence-electron chi connectivity index (χ1n) is 10.5. The van der Waals surface area contributed by atoms with E-state index in [-0.39, 0.29) is 17.1 Å². The summed E-state index contributed by atoms with van der Waals surface area (Å²) in [5.74, 6) is 0.772. The maximum atomic E-state index is 12.8. The summed E-state index contributed by atoms with van der Waals surface area (Å²) in [6, 6.07) is 0. The van der Waals surface area contributed by atoms with Gasteiger partial charge in [-0.3, -0.25) is 4.79 Å². The van der Waals surface area contributed by atoms with Crippen LogP contribution in [0.1, 0.15) is 77.6 Å². The van der Waals surface area contributed by atoms with Crippen molar-refractivity contribution in [2.75, 3.05) is 7.11 Å². The van der Waals surface area contributed by atoms with Crippen LogP contribution in [0.2, 0.25) is 0 Å². The van der Waals surface area contributed by atoms with Crippen LogP contribution < -0.4 is 5.32 Å². The summed E-state index contributed by atoms with van der Waals surface area (Å²) < 4.78 is 10.2. The van der Waals surface area contributed by atoms with E-state index in [1.165, 1.54) is 26.4 Å². The molecule has 158 valence electrons. The Bertz CT molecular complexity index is 820. The number of hydrogen-bond donors (Lipinski definition) is 2. The predicted octanol–water partition coefficient (Wildman–Crippen LogP) is 3.05. The highest BCUT2D eigenvalue weighted by Crippen LogP contribution is 2.55. The van der Waals surface area contributed by atoms with Crippen molar-refractivity contribution >= 4 is 17.8 Å². The fraction of sp³-hybridized carbons (Fsp3) is 0.682. The summed E-state index contributed by atoms with van der Waals surface area (Å²) in [5.41, 5.74) is 1.38. The van der Waals surface area contributed by atoms with Gasteiger partial charge in [-0.15, -0.1) is 0 Å². The lowest BCUT2D eigenvalue weighted by Gasteiger charge is -2.57. The SMILES string of the molecule is COC(=O)c1c(C)[nH]c(C(=O)O[C@H](C)C(=O)NC23CC4CC(CC(C4)C2)C3)c1C. The van der Waals surface area contributed by atoms with Crippen LogP contribution in [0, 0.1) is 31.6 Å². The van der Waals surface area contributed by atoms with Gasteiger partial charge in [0.25, 0.3) is 5.91 Å². The summed E-state index contributed by atoms with van der Waals surface area (Å²) in [5, 5.41) is 3.24. The monoisotopic (exact) mass is 402 g/mol. The van der Waals surface area contributed by atoms with Crippen molar-refractivity contribution in [3.05, 3.63) is 22.5 Å². The second-order valence-electron chi connectivity index (χ2n) is 9.35. The zero-order valence-electron chi connectivity index (χ0n) is 17.6. The molecule has 4 saturated carbocycles. The molecule has 0 radical (unpaired) electrons. The van der Waals surface area contributed by atoms with Gasteiger partial charge in [-0.05, 0) is 82.6 Å². The molecule has 1 aromatic rings. The largest absolute Gasteiger partial charge is 0.465 e. The molecule has 0 spiro atoms. The van der Waals surface area contributed by atoms with Gasteiger partial charge in [-0.2, -0.15) is 0 Å². The van der Waals surface area contributed by atoms with Crippen LogP contribution >= 0.6 is 0 Å². The quantitative estimate of drug-likeness (QED) is 0.738. The van der Waals surface area contributed by atoms with Crippen molar-refractivity contribution in [2.24, 2.45) is 17.8 Å². The van der Waals surface area contributed by atoms with Crippen molar-refractivity contribution in [1.29, 1.82) is 0 Å². The molecule has 0 saturated heterocycles. The predicted molar refractivity (Wildman–Crippen MR) is 106 cm³/mol. The number of H-pyrrole nitrogens is 1. The highest BCUT2D eigenvalue weighted by atomic mass is 16.5. The number of hydrogen-bond acceptors (Lipinski definition) is 5. The number of ether oxygens (including phenoxy) is 2. The normalized spacial score (nSPS) is 30.7. The third-order valence-corrected chi connectivity index (χ3v) is 7.11. The first kappa shape index (κ1) is 20.0. The molecule has 29 heavy (non-hydrogen) atoms. The Balaban J connectivity index is 1.42. The van der Waals surface area contributed by atoms with E-state index in [0.29, 0.717) is 16.8 Å². The average Bonchev–Trinajstić information content (AvgIpc) is 2.94. The van der Waals surface area contributed by atoms with Gasteiger partial charge in [-0.1, -0.05) is 0 Å². The molecule has 5 rings (SSSR count). The molecule has 0 unspecified atom stereocenters. The summed E-state index contributed by atoms with van der Waals surface area (Å²) in [4.78, 5) is 40.3. The Hall–Kier alpha value is -2.31. The third kappa shape index (κ3) is 3.55. The Kier molecular flexibility index (Phi) is 4.95. The average molecular weight is 402 g/mol. The topological polar surface area (TPSA) is 97.5 Å². The number of methoxy groups -OCH3 is 1. The minimum Gasteiger partial charge on any atom is -0.465 e. The first-order valence-corrected chi connectivity index (χ1v) is 10.5. The number of rotatable bonds is 5. The van der Waals surface area contributed by atoms with Crippen LogP contribution in [0.4, 0.5) is 0 Å². The number of carbonyl (C=O) groups is 3. The van der Waals surface area contributed by atoms with Crippen molar-refractivity contribution in [1.82, 2.24) is 10.3 Å². The smallest absolute Gasteiger partial charge is 0.355 e. The molecule has 7 heteroatoms. The minimum atomic E-state index is -0.903. The third-order valence-electron chi connectivity index (χ3n) is 7.11. The summed E-state index contributed by atoms with van der Waals surface area (Å²) in [6.45, 7) is 4.95. The molecule has 2 N–H and O–H groups in total. The molecule has 0 aliphatic heterocycles. The number of aryl methyl sites for hydroxylation is 1. The Morgan fingerprint density at radius 3 is 2.10 bits per heavy atom. The molecule has 0 aromatic carbocycles. The Labute approximate surface area is 170 Å². The van der Waals surface area contributed by atoms with Gasteiger partial charge in [0.2, 0.25) is 0 Å². The van der Waals surface area contributed by atoms with E-state index in [2.05, 4.69) is 10.3 Å². The van der Waals surface area contributed by atoms with Crippen LogP contribution in [0.25, 0.3) is 0 Å². The van der Waals surface area contributed by atoms with Gasteiger partial charge >= 0.3 is 11.9 Å². The van der Waals surface area contributed by atoms with E-state index in [0.717, 1.165) is 37.0 Å². The van der Waals surface area contributed by atoms with E-state index in [1.807, 2.05) is 0 Å². The molecule has 1 aromatic heterocycles. The van der Waals surface area contributed by atoms with Crippen LogP contribution in [-0.4, -0.2) is 41.6 Å². The zero-order chi connectivity index (χ0) is 20.9. The summed E-state index contributed by atoms with van der Waals surface area (Å²) >= 11 is 0. The van der Waals surface area contributed by atoms with Gasteiger partial charge in [-0.25, -0.2) is 9.59 Å². The lowest BCUT2D eigenvalue weighted by Crippen LogP contribution is -2.61. The Morgan fingerprint density at radius 1 is 1.03 bits per heavy atom. The Morgan fingerprint density at radius 2 is 1.59 bits per heavy atom. The van der Waals surface area contributed by atoms with Crippen molar-refractivity contribution in [3.63, 3.8) is 0 Å². The standard InChI is InChI=1S/C22H30N2O5/c1-11-17(20(26)28-4)12(2)23-18(11)21(27)29-13(3)19(25)24-22-8-14-5-15(9-22)7-16(6-14)10-22/h13-16,23H,5-10H2,1-4H3,(H,24,25)/t13-,14?,15?,16?,22?/m1/s1. The van der Waals surface area contributed by atoms with E-state index in [9.17, 15) is 14.4 Å². The lowest BCUT2D eigenvalue weighted by atomic mass is 9.53. The van der Waals surface area contributed by atoms with Gasteiger partial charge in [0, 0.05) is 11.2 Å². The van der Waals surface area contributed by atoms with E-state index >= 15 is 0 Å². The molecule has 4 fully saturated rings. The molecule has 4 bridgehead atoms. The van der Waals surface area contributed by atoms with Gasteiger partial charge in [0.05, 0.1) is 12.7 Å². The van der Waals surface area contributed by atoms with Crippen LogP contribution in [0.3, 0.4) is 0 Å². The second kappa shape index (κ2) is 7.18. The maximum Gasteiger partial charge on any atom is 0.355 e. The number of aromatic nitrogens is 1. The van der Waals surface area contributed by atoms with Gasteiger partial charge in [0.1, 0.15) is 5.69 Å². The van der Waals surface area contributed by atoms with Crippen LogP contribution in [0.15, 0.2) is 0 Å². The number of carbonyl (C=O) groups excluding carboxylic acids is 3. The summed E-state index contributed by atoms with van der Waals surface area (Å²) in [6.07, 6.45) is 6.13. The molecular formula is C22H30N2O5. The second-order valence-corrected chi connectivity index (χ2v) is 9.35. The van der Waals surface area contributed by atoms with E-state index < -0.39 is 18.0 Å². The number of nitrogens with one attached hydrogen (secondary N) is 2. The van der Waals surface area contributed by atoms with Crippen LogP contribution in [-0.2, 0) is 14.3 Å². The van der Waals surface area contributed by atoms with Crippen molar-refractivity contribution < 1.29 is 23.9 Å². The molecule has 1 amide bonds. The molecule has 7 nitrogen and oxygen atoms in total. The molecule has 1 heterocycles. The zero-order valence-corrected chi connectivity index (χ0v) is 17.6. The lowest BCUT2D eigenvalue weighted by molar-refractivity contribution is -0.134. The number of aromatic amines is 1. The van der Waals surface area contributed by atoms with Gasteiger partial charge in [0.15, 0.2) is 6.10 Å². The molecule has 4 aliphatic carbocycles. The van der Waals surface area contributed by atoms with E-state index in [1.54, 1.807) is 20.8 Å². The highest BCUT2D eigenvalue weighted by molar-refractivity contribution is 5.99. The highest BCUT2D eigenvalue weighted by Gasteiger charge is 2.51. The van der Waals surface area contributed by atoms with Crippen molar-refractivity contribution in [3.8, 4) is 0 Å². The van der Waals surface area contributed by atoms with Crippen molar-refractivity contribution in [2.45, 2.75) is 70.9 Å².